The van der Waals surface area contributed by atoms with Crippen LogP contribution >= 0.6 is 11.3 Å². The van der Waals surface area contributed by atoms with Crippen LogP contribution in [0.25, 0.3) is 0 Å². The van der Waals surface area contributed by atoms with Crippen LogP contribution in [0.5, 0.6) is 0 Å². The molecule has 3 aromatic rings. The average molecular weight is 477 g/mol. The molecule has 0 aliphatic carbocycles. The molecule has 0 unspecified atom stereocenters. The molecule has 0 saturated carbocycles. The molecule has 2 aliphatic heterocycles. The summed E-state index contributed by atoms with van der Waals surface area (Å²) in [7, 11) is 0. The van der Waals surface area contributed by atoms with Crippen molar-refractivity contribution >= 4 is 39.8 Å². The third-order valence-electron chi connectivity index (χ3n) is 6.32. The van der Waals surface area contributed by atoms with Crippen molar-refractivity contribution in [1.82, 2.24) is 0 Å². The Kier molecular flexibility index (Phi) is 5.71. The number of hydroxylamine groups is 1. The number of carbonyl (C=O) groups is 3. The van der Waals surface area contributed by atoms with Crippen LogP contribution < -0.4 is 9.96 Å². The van der Waals surface area contributed by atoms with E-state index < -0.39 is 29.9 Å². The van der Waals surface area contributed by atoms with Crippen molar-refractivity contribution in [3.8, 4) is 0 Å². The molecule has 0 N–H and O–H groups in total. The summed E-state index contributed by atoms with van der Waals surface area (Å²) in [4.78, 5) is 48.4. The summed E-state index contributed by atoms with van der Waals surface area (Å²) in [5, 5.41) is 1.97. The molecule has 2 aliphatic rings. The smallest absolute Gasteiger partial charge is 0.341 e. The lowest BCUT2D eigenvalue weighted by atomic mass is 9.90. The second-order valence-electron chi connectivity index (χ2n) is 8.26. The van der Waals surface area contributed by atoms with Crippen molar-refractivity contribution in [2.45, 2.75) is 32.9 Å². The molecule has 0 radical (unpaired) electrons. The van der Waals surface area contributed by atoms with E-state index >= 15 is 0 Å². The van der Waals surface area contributed by atoms with Crippen molar-refractivity contribution in [3.05, 3.63) is 82.2 Å². The fraction of sp³-hybridized carbons (Fsp3) is 0.269. The number of carbonyl (C=O) groups excluding carboxylic acids is 3. The maximum Gasteiger partial charge on any atom is 0.341 e. The first-order chi connectivity index (χ1) is 16.4. The normalized spacial score (nSPS) is 21.8. The molecule has 2 fully saturated rings. The number of aryl methyl sites for hydroxylation is 1. The fourth-order valence-corrected chi connectivity index (χ4v) is 5.77. The highest BCUT2D eigenvalue weighted by atomic mass is 32.1. The molecule has 3 atom stereocenters. The molecule has 1 aromatic heterocycles. The Hall–Kier alpha value is -3.49. The number of esters is 1. The number of anilines is 2. The van der Waals surface area contributed by atoms with E-state index in [9.17, 15) is 14.4 Å². The number of thiophene rings is 1. The van der Waals surface area contributed by atoms with Gasteiger partial charge in [-0.15, -0.1) is 11.3 Å². The second kappa shape index (κ2) is 8.70. The number of fused-ring (bicyclic) bond motifs is 1. The van der Waals surface area contributed by atoms with Gasteiger partial charge < -0.3 is 4.74 Å². The van der Waals surface area contributed by atoms with Gasteiger partial charge >= 0.3 is 5.97 Å². The minimum atomic E-state index is -0.990. The standard InChI is InChI=1S/C26H24N2O5S/c1-4-32-26(31)19-15(2)16(3)34-25(19)27-23(29)20-21(17-11-7-5-8-12-17)28(33-22(20)24(27)30)18-13-9-6-10-14-18/h5-14,20-22H,4H2,1-3H3/t20-,21+,22-/m1/s1. The predicted octanol–water partition coefficient (Wildman–Crippen LogP) is 4.59. The van der Waals surface area contributed by atoms with E-state index in [4.69, 9.17) is 9.57 Å². The lowest BCUT2D eigenvalue weighted by Crippen LogP contribution is -2.37. The summed E-state index contributed by atoms with van der Waals surface area (Å²) >= 11 is 1.25. The molecule has 3 heterocycles. The topological polar surface area (TPSA) is 76.2 Å². The number of nitrogens with zero attached hydrogens (tertiary/aromatic N) is 2. The van der Waals surface area contributed by atoms with Gasteiger partial charge in [0.25, 0.3) is 5.91 Å². The van der Waals surface area contributed by atoms with Crippen LogP contribution in [0, 0.1) is 19.8 Å². The molecule has 0 spiro atoms. The van der Waals surface area contributed by atoms with Gasteiger partial charge in [-0.2, -0.15) is 0 Å². The third-order valence-corrected chi connectivity index (χ3v) is 7.51. The van der Waals surface area contributed by atoms with Crippen LogP contribution in [0.15, 0.2) is 60.7 Å². The Bertz CT molecular complexity index is 1260. The SMILES string of the molecule is CCOC(=O)c1c(N2C(=O)[C@H]3[C@@H](ON(c4ccccc4)[C@H]3c3ccccc3)C2=O)sc(C)c1C. The summed E-state index contributed by atoms with van der Waals surface area (Å²) in [6.07, 6.45) is -0.990. The number of para-hydroxylation sites is 1. The minimum absolute atomic E-state index is 0.199. The van der Waals surface area contributed by atoms with Crippen LogP contribution in [0.2, 0.25) is 0 Å². The van der Waals surface area contributed by atoms with Crippen molar-refractivity contribution in [1.29, 1.82) is 0 Å². The molecule has 5 rings (SSSR count). The van der Waals surface area contributed by atoms with Crippen molar-refractivity contribution in [3.63, 3.8) is 0 Å². The van der Waals surface area contributed by atoms with Gasteiger partial charge in [0, 0.05) is 4.88 Å². The molecular formula is C26H24N2O5S. The molecule has 7 nitrogen and oxygen atoms in total. The van der Waals surface area contributed by atoms with Gasteiger partial charge in [-0.3, -0.25) is 14.4 Å². The Morgan fingerprint density at radius 1 is 1.00 bits per heavy atom. The van der Waals surface area contributed by atoms with Gasteiger partial charge in [-0.05, 0) is 44.0 Å². The molecule has 174 valence electrons. The zero-order valence-corrected chi connectivity index (χ0v) is 19.9. The van der Waals surface area contributed by atoms with Gasteiger partial charge in [-0.25, -0.2) is 14.8 Å². The lowest BCUT2D eigenvalue weighted by molar-refractivity contribution is -0.126. The second-order valence-corrected chi connectivity index (χ2v) is 9.47. The molecular weight excluding hydrogens is 452 g/mol. The lowest BCUT2D eigenvalue weighted by Gasteiger charge is -2.28. The van der Waals surface area contributed by atoms with Crippen LogP contribution in [0.3, 0.4) is 0 Å². The van der Waals surface area contributed by atoms with E-state index in [0.29, 0.717) is 10.6 Å². The molecule has 2 amide bonds. The number of imide groups is 1. The van der Waals surface area contributed by atoms with Gasteiger partial charge in [-0.1, -0.05) is 48.5 Å². The predicted molar refractivity (Wildman–Crippen MR) is 129 cm³/mol. The quantitative estimate of drug-likeness (QED) is 0.396. The summed E-state index contributed by atoms with van der Waals surface area (Å²) < 4.78 is 5.23. The molecule has 8 heteroatoms. The average Bonchev–Trinajstić information content (AvgIpc) is 3.45. The van der Waals surface area contributed by atoms with Gasteiger partial charge in [0.1, 0.15) is 10.9 Å². The van der Waals surface area contributed by atoms with Gasteiger partial charge in [0.2, 0.25) is 5.91 Å². The largest absolute Gasteiger partial charge is 0.462 e. The summed E-state index contributed by atoms with van der Waals surface area (Å²) in [5.41, 5.74) is 2.60. The highest BCUT2D eigenvalue weighted by Gasteiger charge is 2.61. The first-order valence-corrected chi connectivity index (χ1v) is 12.0. The number of ether oxygens (including phenoxy) is 1. The molecule has 34 heavy (non-hydrogen) atoms. The van der Waals surface area contributed by atoms with Crippen LogP contribution in [0.1, 0.15) is 39.3 Å². The third kappa shape index (κ3) is 3.41. The number of benzene rings is 2. The monoisotopic (exact) mass is 476 g/mol. The maximum atomic E-state index is 13.9. The minimum Gasteiger partial charge on any atom is -0.462 e. The zero-order valence-electron chi connectivity index (χ0n) is 19.1. The highest BCUT2D eigenvalue weighted by molar-refractivity contribution is 7.17. The van der Waals surface area contributed by atoms with E-state index in [0.717, 1.165) is 21.0 Å². The Labute approximate surface area is 201 Å². The highest BCUT2D eigenvalue weighted by Crippen LogP contribution is 2.49. The Morgan fingerprint density at radius 3 is 2.29 bits per heavy atom. The van der Waals surface area contributed by atoms with Crippen molar-refractivity contribution in [2.24, 2.45) is 5.92 Å². The first-order valence-electron chi connectivity index (χ1n) is 11.1. The van der Waals surface area contributed by atoms with Crippen LogP contribution in [-0.2, 0) is 19.2 Å². The molecule has 2 saturated heterocycles. The van der Waals surface area contributed by atoms with E-state index in [1.807, 2.05) is 67.6 Å². The Balaban J connectivity index is 1.59. The summed E-state index contributed by atoms with van der Waals surface area (Å²) in [6, 6.07) is 18.5. The van der Waals surface area contributed by atoms with Gasteiger partial charge in [0.15, 0.2) is 6.10 Å². The van der Waals surface area contributed by atoms with Crippen LogP contribution in [0.4, 0.5) is 10.7 Å². The van der Waals surface area contributed by atoms with E-state index in [-0.39, 0.29) is 18.1 Å². The van der Waals surface area contributed by atoms with Crippen molar-refractivity contribution in [2.75, 3.05) is 16.6 Å². The van der Waals surface area contributed by atoms with Crippen LogP contribution in [-0.4, -0.2) is 30.5 Å². The van der Waals surface area contributed by atoms with Gasteiger partial charge in [0.05, 0.1) is 23.9 Å². The number of hydrogen-bond donors (Lipinski definition) is 0. The molecule has 2 aromatic carbocycles. The first kappa shape index (κ1) is 22.3. The van der Waals surface area contributed by atoms with Crippen molar-refractivity contribution < 1.29 is 24.0 Å². The summed E-state index contributed by atoms with van der Waals surface area (Å²) in [6.45, 7) is 5.58. The fourth-order valence-electron chi connectivity index (χ4n) is 4.61. The zero-order chi connectivity index (χ0) is 24.0. The Morgan fingerprint density at radius 2 is 1.65 bits per heavy atom. The number of rotatable bonds is 5. The summed E-state index contributed by atoms with van der Waals surface area (Å²) in [5.74, 6) is -2.15. The molecule has 0 bridgehead atoms. The van der Waals surface area contributed by atoms with E-state index in [2.05, 4.69) is 0 Å². The van der Waals surface area contributed by atoms with E-state index in [1.54, 1.807) is 18.9 Å². The number of hydrogen-bond acceptors (Lipinski definition) is 7. The number of amides is 2. The maximum absolute atomic E-state index is 13.9. The van der Waals surface area contributed by atoms with E-state index in [1.165, 1.54) is 11.3 Å².